The van der Waals surface area contributed by atoms with E-state index in [0.717, 1.165) is 38.6 Å². The maximum atomic E-state index is 12.8. The summed E-state index contributed by atoms with van der Waals surface area (Å²) in [6.07, 6.45) is 5.81. The summed E-state index contributed by atoms with van der Waals surface area (Å²) in [6.45, 7) is 7.76. The van der Waals surface area contributed by atoms with Crippen LogP contribution in [0.25, 0.3) is 0 Å². The number of hydrogen-bond acceptors (Lipinski definition) is 2. The molecule has 1 aliphatic heterocycles. The predicted octanol–water partition coefficient (Wildman–Crippen LogP) is 2.33. The molecular weight excluding hydrogens is 252 g/mol. The number of amides is 2. The molecule has 1 atom stereocenters. The Balaban J connectivity index is 2.01. The highest BCUT2D eigenvalue weighted by molar-refractivity contribution is 6.08. The van der Waals surface area contributed by atoms with Gasteiger partial charge in [0, 0.05) is 19.1 Å². The molecule has 0 spiro atoms. The van der Waals surface area contributed by atoms with Crippen LogP contribution in [0.3, 0.4) is 0 Å². The third kappa shape index (κ3) is 2.99. The summed E-state index contributed by atoms with van der Waals surface area (Å²) < 4.78 is 0. The van der Waals surface area contributed by atoms with Crippen LogP contribution in [0.2, 0.25) is 0 Å². The number of carbonyl (C=O) groups excluding carboxylic acids is 2. The summed E-state index contributed by atoms with van der Waals surface area (Å²) in [5, 5.41) is 2.95. The van der Waals surface area contributed by atoms with Crippen LogP contribution in [-0.2, 0) is 9.59 Å². The first-order valence-electron chi connectivity index (χ1n) is 8.10. The fraction of sp³-hybridized carbons (Fsp3) is 0.875. The van der Waals surface area contributed by atoms with Gasteiger partial charge in [-0.3, -0.25) is 9.59 Å². The van der Waals surface area contributed by atoms with Gasteiger partial charge in [0.15, 0.2) is 0 Å². The molecule has 1 N–H and O–H groups in total. The predicted molar refractivity (Wildman–Crippen MR) is 79.2 cm³/mol. The van der Waals surface area contributed by atoms with Crippen LogP contribution in [-0.4, -0.2) is 35.8 Å². The average molecular weight is 280 g/mol. The number of likely N-dealkylation sites (tertiary alicyclic amines) is 1. The molecule has 2 aliphatic rings. The van der Waals surface area contributed by atoms with E-state index in [1.807, 2.05) is 4.90 Å². The van der Waals surface area contributed by atoms with Gasteiger partial charge in [0.2, 0.25) is 11.8 Å². The van der Waals surface area contributed by atoms with E-state index in [-0.39, 0.29) is 11.8 Å². The fourth-order valence-electron chi connectivity index (χ4n) is 3.10. The highest BCUT2D eigenvalue weighted by Gasteiger charge is 2.58. The van der Waals surface area contributed by atoms with Crippen molar-refractivity contribution >= 4 is 11.8 Å². The standard InChI is InChI=1S/C16H28N2O2/c1-4-13-7-5-6-10-18(13)15(20)16(8-9-16)14(19)17-11-12(2)3/h12-13H,4-11H2,1-3H3,(H,17,19). The van der Waals surface area contributed by atoms with Crippen molar-refractivity contribution in [2.75, 3.05) is 13.1 Å². The molecule has 1 saturated carbocycles. The quantitative estimate of drug-likeness (QED) is 0.786. The number of hydrogen-bond donors (Lipinski definition) is 1. The van der Waals surface area contributed by atoms with Gasteiger partial charge in [0.1, 0.15) is 5.41 Å². The molecule has 0 aromatic carbocycles. The molecule has 2 rings (SSSR count). The maximum absolute atomic E-state index is 12.8. The molecule has 1 saturated heterocycles. The van der Waals surface area contributed by atoms with Crippen molar-refractivity contribution in [3.05, 3.63) is 0 Å². The number of rotatable bonds is 5. The summed E-state index contributed by atoms with van der Waals surface area (Å²) in [5.74, 6) is 0.463. The molecule has 2 fully saturated rings. The molecule has 0 aromatic rings. The SMILES string of the molecule is CCC1CCCCN1C(=O)C1(C(=O)NCC(C)C)CC1. The molecule has 20 heavy (non-hydrogen) atoms. The lowest BCUT2D eigenvalue weighted by Crippen LogP contribution is -2.51. The molecule has 2 amide bonds. The van der Waals surface area contributed by atoms with Gasteiger partial charge in [-0.25, -0.2) is 0 Å². The zero-order valence-electron chi connectivity index (χ0n) is 13.1. The van der Waals surface area contributed by atoms with Gasteiger partial charge in [-0.15, -0.1) is 0 Å². The van der Waals surface area contributed by atoms with E-state index in [9.17, 15) is 9.59 Å². The van der Waals surface area contributed by atoms with Crippen LogP contribution in [0.1, 0.15) is 59.3 Å². The topological polar surface area (TPSA) is 49.4 Å². The molecule has 1 heterocycles. The normalized spacial score (nSPS) is 24.6. The summed E-state index contributed by atoms with van der Waals surface area (Å²) in [5.41, 5.74) is -0.723. The van der Waals surface area contributed by atoms with Crippen LogP contribution in [0.5, 0.6) is 0 Å². The van der Waals surface area contributed by atoms with Gasteiger partial charge < -0.3 is 10.2 Å². The molecular formula is C16H28N2O2. The number of nitrogens with zero attached hydrogens (tertiary/aromatic N) is 1. The number of carbonyl (C=O) groups is 2. The Labute approximate surface area is 122 Å². The molecule has 114 valence electrons. The van der Waals surface area contributed by atoms with Gasteiger partial charge in [0.25, 0.3) is 0 Å². The van der Waals surface area contributed by atoms with E-state index in [1.165, 1.54) is 6.42 Å². The smallest absolute Gasteiger partial charge is 0.238 e. The Kier molecular flexibility index (Phi) is 4.71. The maximum Gasteiger partial charge on any atom is 0.238 e. The van der Waals surface area contributed by atoms with Crippen molar-refractivity contribution in [2.45, 2.75) is 65.3 Å². The molecule has 0 radical (unpaired) electrons. The third-order valence-electron chi connectivity index (χ3n) is 4.62. The van der Waals surface area contributed by atoms with Crippen molar-refractivity contribution in [2.24, 2.45) is 11.3 Å². The third-order valence-corrected chi connectivity index (χ3v) is 4.62. The number of piperidine rings is 1. The Bertz CT molecular complexity index is 375. The molecule has 1 unspecified atom stereocenters. The van der Waals surface area contributed by atoms with Crippen molar-refractivity contribution in [3.8, 4) is 0 Å². The minimum absolute atomic E-state index is 0.0448. The molecule has 0 aromatic heterocycles. The van der Waals surface area contributed by atoms with Gasteiger partial charge in [-0.2, -0.15) is 0 Å². The zero-order valence-corrected chi connectivity index (χ0v) is 13.1. The highest BCUT2D eigenvalue weighted by atomic mass is 16.2. The second kappa shape index (κ2) is 6.15. The lowest BCUT2D eigenvalue weighted by molar-refractivity contribution is -0.147. The van der Waals surface area contributed by atoms with E-state index in [0.29, 0.717) is 18.5 Å². The summed E-state index contributed by atoms with van der Waals surface area (Å²) in [4.78, 5) is 27.1. The summed E-state index contributed by atoms with van der Waals surface area (Å²) in [6, 6.07) is 0.339. The number of nitrogens with one attached hydrogen (secondary N) is 1. The summed E-state index contributed by atoms with van der Waals surface area (Å²) >= 11 is 0. The lowest BCUT2D eigenvalue weighted by atomic mass is 9.95. The molecule has 1 aliphatic carbocycles. The average Bonchev–Trinajstić information content (AvgIpc) is 3.25. The highest BCUT2D eigenvalue weighted by Crippen LogP contribution is 2.48. The molecule has 4 nitrogen and oxygen atoms in total. The zero-order chi connectivity index (χ0) is 14.8. The monoisotopic (exact) mass is 280 g/mol. The first-order valence-corrected chi connectivity index (χ1v) is 8.10. The van der Waals surface area contributed by atoms with Gasteiger partial charge in [-0.1, -0.05) is 20.8 Å². The van der Waals surface area contributed by atoms with E-state index >= 15 is 0 Å². The summed E-state index contributed by atoms with van der Waals surface area (Å²) in [7, 11) is 0. The molecule has 0 bridgehead atoms. The van der Waals surface area contributed by atoms with Crippen molar-refractivity contribution in [3.63, 3.8) is 0 Å². The minimum Gasteiger partial charge on any atom is -0.355 e. The first kappa shape index (κ1) is 15.3. The van der Waals surface area contributed by atoms with Gasteiger partial charge in [0.05, 0.1) is 0 Å². The van der Waals surface area contributed by atoms with Gasteiger partial charge >= 0.3 is 0 Å². The Morgan fingerprint density at radius 1 is 1.30 bits per heavy atom. The van der Waals surface area contributed by atoms with Gasteiger partial charge in [-0.05, 0) is 44.4 Å². The fourth-order valence-corrected chi connectivity index (χ4v) is 3.10. The Hall–Kier alpha value is -1.06. The van der Waals surface area contributed by atoms with Crippen molar-refractivity contribution in [1.29, 1.82) is 0 Å². The van der Waals surface area contributed by atoms with Crippen LogP contribution in [0, 0.1) is 11.3 Å². The van der Waals surface area contributed by atoms with Crippen LogP contribution in [0.15, 0.2) is 0 Å². The Morgan fingerprint density at radius 2 is 2.00 bits per heavy atom. The van der Waals surface area contributed by atoms with E-state index in [4.69, 9.17) is 0 Å². The minimum atomic E-state index is -0.723. The van der Waals surface area contributed by atoms with Crippen molar-refractivity contribution < 1.29 is 9.59 Å². The largest absolute Gasteiger partial charge is 0.355 e. The second-order valence-corrected chi connectivity index (χ2v) is 6.74. The lowest BCUT2D eigenvalue weighted by Gasteiger charge is -2.37. The Morgan fingerprint density at radius 3 is 2.55 bits per heavy atom. The van der Waals surface area contributed by atoms with Crippen LogP contribution >= 0.6 is 0 Å². The van der Waals surface area contributed by atoms with E-state index < -0.39 is 5.41 Å². The van der Waals surface area contributed by atoms with E-state index in [1.54, 1.807) is 0 Å². The van der Waals surface area contributed by atoms with E-state index in [2.05, 4.69) is 26.1 Å². The molecule has 4 heteroatoms. The van der Waals surface area contributed by atoms with Crippen LogP contribution in [0.4, 0.5) is 0 Å². The second-order valence-electron chi connectivity index (χ2n) is 6.74. The van der Waals surface area contributed by atoms with Crippen LogP contribution < -0.4 is 5.32 Å². The van der Waals surface area contributed by atoms with Crippen molar-refractivity contribution in [1.82, 2.24) is 10.2 Å². The first-order chi connectivity index (χ1) is 9.51.